The lowest BCUT2D eigenvalue weighted by Gasteiger charge is -2.27. The highest BCUT2D eigenvalue weighted by Gasteiger charge is 2.19. The van der Waals surface area contributed by atoms with E-state index in [-0.39, 0.29) is 0 Å². The van der Waals surface area contributed by atoms with E-state index in [1.54, 1.807) is 0 Å². The van der Waals surface area contributed by atoms with Gasteiger partial charge in [0, 0.05) is 44.3 Å². The third-order valence-electron chi connectivity index (χ3n) is 9.94. The Labute approximate surface area is 295 Å². The van der Waals surface area contributed by atoms with E-state index in [9.17, 15) is 0 Å². The van der Waals surface area contributed by atoms with Crippen molar-refractivity contribution in [3.63, 3.8) is 0 Å². The lowest BCUT2D eigenvalue weighted by Crippen LogP contribution is -2.10. The highest BCUT2D eigenvalue weighted by molar-refractivity contribution is 6.11. The van der Waals surface area contributed by atoms with Gasteiger partial charge in [0.2, 0.25) is 0 Å². The monoisotopic (exact) mass is 652 g/mol. The molecule has 10 rings (SSSR count). The van der Waals surface area contributed by atoms with Crippen molar-refractivity contribution >= 4 is 60.8 Å². The Morgan fingerprint density at radius 1 is 0.333 bits per heavy atom. The highest BCUT2D eigenvalue weighted by atomic mass is 16.3. The van der Waals surface area contributed by atoms with Gasteiger partial charge in [-0.05, 0) is 95.1 Å². The van der Waals surface area contributed by atoms with Gasteiger partial charge in [-0.3, -0.25) is 0 Å². The van der Waals surface area contributed by atoms with Crippen LogP contribution in [0.3, 0.4) is 0 Å². The summed E-state index contributed by atoms with van der Waals surface area (Å²) in [4.78, 5) is 2.38. The first-order valence-corrected chi connectivity index (χ1v) is 17.3. The van der Waals surface area contributed by atoms with Crippen molar-refractivity contribution in [3.05, 3.63) is 194 Å². The summed E-state index contributed by atoms with van der Waals surface area (Å²) in [5.74, 6) is 0. The van der Waals surface area contributed by atoms with E-state index in [2.05, 4.69) is 191 Å². The van der Waals surface area contributed by atoms with Crippen molar-refractivity contribution in [2.24, 2.45) is 0 Å². The zero-order valence-electron chi connectivity index (χ0n) is 27.8. The fourth-order valence-corrected chi connectivity index (χ4v) is 7.59. The summed E-state index contributed by atoms with van der Waals surface area (Å²) < 4.78 is 8.61. The number of benzene rings is 8. The van der Waals surface area contributed by atoms with E-state index in [4.69, 9.17) is 4.42 Å². The van der Waals surface area contributed by atoms with Crippen LogP contribution >= 0.6 is 0 Å². The van der Waals surface area contributed by atoms with Crippen molar-refractivity contribution in [2.45, 2.75) is 0 Å². The number of fused-ring (bicyclic) bond motifs is 6. The zero-order valence-corrected chi connectivity index (χ0v) is 27.8. The summed E-state index contributed by atoms with van der Waals surface area (Å²) in [7, 11) is 0. The van der Waals surface area contributed by atoms with Crippen LogP contribution in [0.4, 0.5) is 17.1 Å². The van der Waals surface area contributed by atoms with Crippen molar-refractivity contribution in [1.82, 2.24) is 4.57 Å². The minimum Gasteiger partial charge on any atom is -0.456 e. The van der Waals surface area contributed by atoms with Crippen LogP contribution in [-0.2, 0) is 0 Å². The van der Waals surface area contributed by atoms with Crippen LogP contribution in [0.2, 0.25) is 0 Å². The number of rotatable bonds is 6. The van der Waals surface area contributed by atoms with Gasteiger partial charge in [0.25, 0.3) is 0 Å². The highest BCUT2D eigenvalue weighted by Crippen LogP contribution is 2.42. The molecule has 240 valence electrons. The van der Waals surface area contributed by atoms with Crippen LogP contribution in [0.15, 0.2) is 199 Å². The molecule has 0 saturated heterocycles. The Hall–Kier alpha value is -6.84. The quantitative estimate of drug-likeness (QED) is 0.178. The number of para-hydroxylation sites is 3. The van der Waals surface area contributed by atoms with E-state index >= 15 is 0 Å². The minimum atomic E-state index is 0.893. The Morgan fingerprint density at radius 3 is 1.65 bits per heavy atom. The Bertz CT molecular complexity index is 2790. The van der Waals surface area contributed by atoms with Gasteiger partial charge < -0.3 is 13.9 Å². The molecular formula is C48H32N2O. The van der Waals surface area contributed by atoms with Gasteiger partial charge in [-0.15, -0.1) is 0 Å². The van der Waals surface area contributed by atoms with Gasteiger partial charge in [0.1, 0.15) is 11.2 Å². The first kappa shape index (κ1) is 29.1. The van der Waals surface area contributed by atoms with Crippen LogP contribution in [0.1, 0.15) is 0 Å². The molecule has 3 nitrogen and oxygen atoms in total. The fourth-order valence-electron chi connectivity index (χ4n) is 7.59. The van der Waals surface area contributed by atoms with Gasteiger partial charge in [-0.2, -0.15) is 0 Å². The van der Waals surface area contributed by atoms with Crippen molar-refractivity contribution < 1.29 is 4.42 Å². The fraction of sp³-hybridized carbons (Fsp3) is 0. The average Bonchev–Trinajstić information content (AvgIpc) is 3.74. The number of hydrogen-bond donors (Lipinski definition) is 0. The van der Waals surface area contributed by atoms with Crippen LogP contribution in [-0.4, -0.2) is 4.57 Å². The first-order chi connectivity index (χ1) is 25.3. The molecule has 2 heterocycles. The molecule has 0 spiro atoms. The van der Waals surface area contributed by atoms with Crippen molar-refractivity contribution in [3.8, 4) is 27.9 Å². The molecule has 8 aromatic carbocycles. The number of aromatic nitrogens is 1. The smallest absolute Gasteiger partial charge is 0.135 e. The normalized spacial score (nSPS) is 11.5. The Morgan fingerprint density at radius 2 is 0.922 bits per heavy atom. The molecule has 0 aliphatic rings. The van der Waals surface area contributed by atoms with Crippen molar-refractivity contribution in [1.29, 1.82) is 0 Å². The third kappa shape index (κ3) is 4.98. The largest absolute Gasteiger partial charge is 0.456 e. The average molecular weight is 653 g/mol. The van der Waals surface area contributed by atoms with Crippen LogP contribution < -0.4 is 4.90 Å². The van der Waals surface area contributed by atoms with Gasteiger partial charge in [0.05, 0.1) is 11.0 Å². The summed E-state index contributed by atoms with van der Waals surface area (Å²) in [6, 6.07) is 69.3. The Balaban J connectivity index is 1.22. The maximum Gasteiger partial charge on any atom is 0.135 e. The maximum atomic E-state index is 6.22. The van der Waals surface area contributed by atoms with Gasteiger partial charge in [-0.1, -0.05) is 121 Å². The zero-order chi connectivity index (χ0) is 33.7. The molecule has 2 aromatic heterocycles. The molecule has 0 saturated carbocycles. The maximum absolute atomic E-state index is 6.22. The number of anilines is 3. The first-order valence-electron chi connectivity index (χ1n) is 17.3. The predicted octanol–water partition coefficient (Wildman–Crippen LogP) is 13.5. The second kappa shape index (κ2) is 11.9. The SMILES string of the molecule is c1ccc(-c2cc(-c3ccccc3)cc(N(c3ccccc3)c3ccc4c5ccccc5n(-c5ccc6oc7ccccc7c6c5)c4c3)c2)cc1. The molecular weight excluding hydrogens is 621 g/mol. The molecule has 0 unspecified atom stereocenters. The van der Waals surface area contributed by atoms with Crippen LogP contribution in [0.5, 0.6) is 0 Å². The van der Waals surface area contributed by atoms with E-state index < -0.39 is 0 Å². The number of furan rings is 1. The molecule has 0 aliphatic carbocycles. The molecule has 0 fully saturated rings. The van der Waals surface area contributed by atoms with E-state index in [1.165, 1.54) is 38.5 Å². The van der Waals surface area contributed by atoms with Crippen LogP contribution in [0, 0.1) is 0 Å². The minimum absolute atomic E-state index is 0.893. The summed E-state index contributed by atoms with van der Waals surface area (Å²) in [5, 5.41) is 4.67. The van der Waals surface area contributed by atoms with Crippen molar-refractivity contribution in [2.75, 3.05) is 4.90 Å². The standard InChI is InChI=1S/C48H32N2O/c1-4-14-33(15-5-1)35-28-36(34-16-6-2-7-17-34)30-40(29-35)49(37-18-8-3-9-19-37)39-24-26-42-41-20-10-12-22-45(41)50(46(42)32-39)38-25-27-48-44(31-38)43-21-11-13-23-47(43)51-48/h1-32H. The molecule has 0 amide bonds. The van der Waals surface area contributed by atoms with Gasteiger partial charge in [-0.25, -0.2) is 0 Å². The molecule has 51 heavy (non-hydrogen) atoms. The number of nitrogens with zero attached hydrogens (tertiary/aromatic N) is 2. The summed E-state index contributed by atoms with van der Waals surface area (Å²) in [6.07, 6.45) is 0. The molecule has 10 aromatic rings. The molecule has 0 atom stereocenters. The third-order valence-corrected chi connectivity index (χ3v) is 9.94. The van der Waals surface area contributed by atoms with E-state index in [0.29, 0.717) is 0 Å². The molecule has 0 N–H and O–H groups in total. The Kier molecular flexibility index (Phi) is 6.81. The second-order valence-electron chi connectivity index (χ2n) is 13.0. The second-order valence-corrected chi connectivity index (χ2v) is 13.0. The van der Waals surface area contributed by atoms with Crippen LogP contribution in [0.25, 0.3) is 71.7 Å². The number of hydrogen-bond acceptors (Lipinski definition) is 2. The lowest BCUT2D eigenvalue weighted by atomic mass is 9.97. The predicted molar refractivity (Wildman–Crippen MR) is 214 cm³/mol. The summed E-state index contributed by atoms with van der Waals surface area (Å²) in [5.41, 5.74) is 13.2. The van der Waals surface area contributed by atoms with Gasteiger partial charge in [0.15, 0.2) is 0 Å². The van der Waals surface area contributed by atoms with E-state index in [0.717, 1.165) is 50.2 Å². The summed E-state index contributed by atoms with van der Waals surface area (Å²) >= 11 is 0. The molecule has 0 aliphatic heterocycles. The van der Waals surface area contributed by atoms with Gasteiger partial charge >= 0.3 is 0 Å². The molecule has 0 bridgehead atoms. The topological polar surface area (TPSA) is 21.3 Å². The lowest BCUT2D eigenvalue weighted by molar-refractivity contribution is 0.669. The van der Waals surface area contributed by atoms with E-state index in [1.807, 2.05) is 12.1 Å². The molecule has 0 radical (unpaired) electrons. The molecule has 3 heteroatoms. The summed E-state index contributed by atoms with van der Waals surface area (Å²) in [6.45, 7) is 0.